The second kappa shape index (κ2) is 7.55. The standard InChI is InChI=1S/C16H26N2/c1-15(16-7-3-2-4-8-16)9-14-18-12-5-10-17-11-6-13-18/h2-4,7-8,15,17H,5-6,9-14H2,1H3. The van der Waals surface area contributed by atoms with Crippen LogP contribution in [0.1, 0.15) is 37.7 Å². The van der Waals surface area contributed by atoms with Gasteiger partial charge in [0.05, 0.1) is 0 Å². The highest BCUT2D eigenvalue weighted by molar-refractivity contribution is 5.18. The summed E-state index contributed by atoms with van der Waals surface area (Å²) >= 11 is 0. The molecule has 1 N–H and O–H groups in total. The van der Waals surface area contributed by atoms with Crippen molar-refractivity contribution in [1.82, 2.24) is 10.2 Å². The summed E-state index contributed by atoms with van der Waals surface area (Å²) in [6, 6.07) is 10.9. The molecule has 2 rings (SSSR count). The van der Waals surface area contributed by atoms with Gasteiger partial charge in [-0.25, -0.2) is 0 Å². The number of nitrogens with zero attached hydrogens (tertiary/aromatic N) is 1. The van der Waals surface area contributed by atoms with Crippen LogP contribution in [-0.2, 0) is 0 Å². The third-order valence-corrected chi connectivity index (χ3v) is 3.90. The fraction of sp³-hybridized carbons (Fsp3) is 0.625. The van der Waals surface area contributed by atoms with Crippen LogP contribution in [0.5, 0.6) is 0 Å². The summed E-state index contributed by atoms with van der Waals surface area (Å²) < 4.78 is 0. The molecule has 2 heteroatoms. The molecule has 0 radical (unpaired) electrons. The van der Waals surface area contributed by atoms with E-state index in [-0.39, 0.29) is 0 Å². The third kappa shape index (κ3) is 4.43. The average molecular weight is 246 g/mol. The van der Waals surface area contributed by atoms with Crippen molar-refractivity contribution in [2.45, 2.75) is 32.1 Å². The van der Waals surface area contributed by atoms with Crippen LogP contribution >= 0.6 is 0 Å². The largest absolute Gasteiger partial charge is 0.317 e. The minimum atomic E-state index is 0.676. The highest BCUT2D eigenvalue weighted by Crippen LogP contribution is 2.18. The summed E-state index contributed by atoms with van der Waals surface area (Å²) in [5.41, 5.74) is 1.48. The number of nitrogens with one attached hydrogen (secondary N) is 1. The smallest absolute Gasteiger partial charge is 0.000663 e. The molecule has 1 aromatic carbocycles. The number of rotatable bonds is 4. The third-order valence-electron chi connectivity index (χ3n) is 3.90. The first-order valence-electron chi connectivity index (χ1n) is 7.34. The fourth-order valence-electron chi connectivity index (χ4n) is 2.64. The Bertz CT molecular complexity index is 315. The van der Waals surface area contributed by atoms with Crippen molar-refractivity contribution in [3.63, 3.8) is 0 Å². The van der Waals surface area contributed by atoms with Crippen molar-refractivity contribution in [3.8, 4) is 0 Å². The van der Waals surface area contributed by atoms with Crippen molar-refractivity contribution >= 4 is 0 Å². The fourth-order valence-corrected chi connectivity index (χ4v) is 2.64. The summed E-state index contributed by atoms with van der Waals surface area (Å²) in [4.78, 5) is 2.64. The quantitative estimate of drug-likeness (QED) is 0.879. The lowest BCUT2D eigenvalue weighted by Crippen LogP contribution is -2.34. The van der Waals surface area contributed by atoms with Gasteiger partial charge in [-0.1, -0.05) is 37.3 Å². The Balaban J connectivity index is 1.76. The maximum absolute atomic E-state index is 3.47. The van der Waals surface area contributed by atoms with E-state index in [0.29, 0.717) is 5.92 Å². The predicted molar refractivity (Wildman–Crippen MR) is 78.0 cm³/mol. The topological polar surface area (TPSA) is 15.3 Å². The van der Waals surface area contributed by atoms with Crippen LogP contribution in [0, 0.1) is 0 Å². The van der Waals surface area contributed by atoms with Crippen molar-refractivity contribution in [2.75, 3.05) is 32.7 Å². The Morgan fingerprint density at radius 3 is 2.44 bits per heavy atom. The summed E-state index contributed by atoms with van der Waals surface area (Å²) in [6.45, 7) is 8.48. The van der Waals surface area contributed by atoms with Crippen LogP contribution < -0.4 is 5.32 Å². The van der Waals surface area contributed by atoms with E-state index in [1.807, 2.05) is 0 Å². The summed E-state index contributed by atoms with van der Waals surface area (Å²) in [6.07, 6.45) is 3.86. The van der Waals surface area contributed by atoms with Gasteiger partial charge in [-0.3, -0.25) is 0 Å². The van der Waals surface area contributed by atoms with Crippen molar-refractivity contribution in [2.24, 2.45) is 0 Å². The summed E-state index contributed by atoms with van der Waals surface area (Å²) in [5, 5.41) is 3.47. The molecule has 1 aromatic rings. The van der Waals surface area contributed by atoms with Crippen LogP contribution in [0.15, 0.2) is 30.3 Å². The normalized spacial score (nSPS) is 20.1. The Kier molecular flexibility index (Phi) is 5.69. The lowest BCUT2D eigenvalue weighted by Gasteiger charge is -2.26. The molecule has 18 heavy (non-hydrogen) atoms. The maximum atomic E-state index is 3.47. The zero-order valence-corrected chi connectivity index (χ0v) is 11.6. The minimum Gasteiger partial charge on any atom is -0.317 e. The van der Waals surface area contributed by atoms with Gasteiger partial charge in [-0.15, -0.1) is 0 Å². The van der Waals surface area contributed by atoms with Gasteiger partial charge < -0.3 is 10.2 Å². The molecule has 0 spiro atoms. The molecule has 0 saturated carbocycles. The second-order valence-corrected chi connectivity index (χ2v) is 5.40. The Morgan fingerprint density at radius 1 is 1.11 bits per heavy atom. The molecule has 1 unspecified atom stereocenters. The highest BCUT2D eigenvalue weighted by Gasteiger charge is 2.10. The van der Waals surface area contributed by atoms with E-state index >= 15 is 0 Å². The molecule has 1 aliphatic rings. The predicted octanol–water partition coefficient (Wildman–Crippen LogP) is 2.87. The lowest BCUT2D eigenvalue weighted by molar-refractivity contribution is 0.245. The first kappa shape index (κ1) is 13.6. The monoisotopic (exact) mass is 246 g/mol. The van der Waals surface area contributed by atoms with Gasteiger partial charge in [0.1, 0.15) is 0 Å². The van der Waals surface area contributed by atoms with Crippen LogP contribution in [0.4, 0.5) is 0 Å². The van der Waals surface area contributed by atoms with Crippen LogP contribution in [0.3, 0.4) is 0 Å². The van der Waals surface area contributed by atoms with E-state index in [2.05, 4.69) is 47.5 Å². The molecule has 1 atom stereocenters. The van der Waals surface area contributed by atoms with Crippen molar-refractivity contribution in [1.29, 1.82) is 0 Å². The molecule has 0 amide bonds. The van der Waals surface area contributed by atoms with E-state index in [9.17, 15) is 0 Å². The SMILES string of the molecule is CC(CCN1CCCNCCC1)c1ccccc1. The average Bonchev–Trinajstić information content (AvgIpc) is 2.38. The second-order valence-electron chi connectivity index (χ2n) is 5.40. The Labute approximate surface area is 111 Å². The van der Waals surface area contributed by atoms with E-state index in [4.69, 9.17) is 0 Å². The lowest BCUT2D eigenvalue weighted by atomic mass is 9.97. The Hall–Kier alpha value is -0.860. The molecular weight excluding hydrogens is 220 g/mol. The van der Waals surface area contributed by atoms with Crippen LogP contribution in [0.2, 0.25) is 0 Å². The van der Waals surface area contributed by atoms with E-state index in [0.717, 1.165) is 0 Å². The highest BCUT2D eigenvalue weighted by atomic mass is 15.1. The molecule has 1 saturated heterocycles. The van der Waals surface area contributed by atoms with E-state index < -0.39 is 0 Å². The molecule has 1 heterocycles. The van der Waals surface area contributed by atoms with Gasteiger partial charge in [0, 0.05) is 0 Å². The first-order chi connectivity index (χ1) is 8.86. The summed E-state index contributed by atoms with van der Waals surface area (Å²) in [5.74, 6) is 0.676. The summed E-state index contributed by atoms with van der Waals surface area (Å²) in [7, 11) is 0. The van der Waals surface area contributed by atoms with E-state index in [1.165, 1.54) is 57.5 Å². The van der Waals surface area contributed by atoms with E-state index in [1.54, 1.807) is 0 Å². The van der Waals surface area contributed by atoms with Crippen LogP contribution in [0.25, 0.3) is 0 Å². The Morgan fingerprint density at radius 2 is 1.78 bits per heavy atom. The van der Waals surface area contributed by atoms with Crippen molar-refractivity contribution < 1.29 is 0 Å². The molecule has 0 aromatic heterocycles. The van der Waals surface area contributed by atoms with Crippen LogP contribution in [-0.4, -0.2) is 37.6 Å². The van der Waals surface area contributed by atoms with Gasteiger partial charge in [-0.05, 0) is 63.5 Å². The van der Waals surface area contributed by atoms with Crippen molar-refractivity contribution in [3.05, 3.63) is 35.9 Å². The zero-order valence-electron chi connectivity index (χ0n) is 11.6. The van der Waals surface area contributed by atoms with Gasteiger partial charge >= 0.3 is 0 Å². The number of benzene rings is 1. The molecule has 1 aliphatic heterocycles. The van der Waals surface area contributed by atoms with Gasteiger partial charge in [0.2, 0.25) is 0 Å². The number of hydrogen-bond donors (Lipinski definition) is 1. The number of hydrogen-bond acceptors (Lipinski definition) is 2. The molecule has 100 valence electrons. The zero-order chi connectivity index (χ0) is 12.6. The molecule has 0 aliphatic carbocycles. The van der Waals surface area contributed by atoms with Gasteiger partial charge in [0.25, 0.3) is 0 Å². The first-order valence-corrected chi connectivity index (χ1v) is 7.34. The van der Waals surface area contributed by atoms with Gasteiger partial charge in [0.15, 0.2) is 0 Å². The molecule has 0 bridgehead atoms. The molecule has 2 nitrogen and oxygen atoms in total. The molecule has 1 fully saturated rings. The maximum Gasteiger partial charge on any atom is -0.000663 e. The molecular formula is C16H26N2. The minimum absolute atomic E-state index is 0.676. The van der Waals surface area contributed by atoms with Gasteiger partial charge in [-0.2, -0.15) is 0 Å².